The molecule has 0 spiro atoms. The number of aromatic nitrogens is 2. The lowest BCUT2D eigenvalue weighted by Gasteiger charge is -2.40. The van der Waals surface area contributed by atoms with Crippen LogP contribution in [0.2, 0.25) is 5.15 Å². The molecule has 0 bridgehead atoms. The van der Waals surface area contributed by atoms with E-state index in [1.165, 1.54) is 18.5 Å². The van der Waals surface area contributed by atoms with Crippen LogP contribution in [0.4, 0.5) is 9.18 Å². The van der Waals surface area contributed by atoms with Crippen molar-refractivity contribution < 1.29 is 18.7 Å². The van der Waals surface area contributed by atoms with Gasteiger partial charge in [0.2, 0.25) is 5.95 Å². The zero-order valence-electron chi connectivity index (χ0n) is 16.6. The molecule has 0 saturated carbocycles. The van der Waals surface area contributed by atoms with Crippen LogP contribution in [0.1, 0.15) is 38.3 Å². The predicted octanol–water partition coefficient (Wildman–Crippen LogP) is 4.83. The number of pyridine rings is 2. The maximum Gasteiger partial charge on any atom is 0.410 e. The average Bonchev–Trinajstić information content (AvgIpc) is 2.59. The highest BCUT2D eigenvalue weighted by molar-refractivity contribution is 6.31. The summed E-state index contributed by atoms with van der Waals surface area (Å²) in [5.74, 6) is -0.0190. The van der Waals surface area contributed by atoms with Crippen molar-refractivity contribution in [1.82, 2.24) is 14.9 Å². The van der Waals surface area contributed by atoms with Gasteiger partial charge in [-0.05, 0) is 44.9 Å². The molecule has 1 amide bonds. The Morgan fingerprint density at radius 3 is 2.79 bits per heavy atom. The monoisotopic (exact) mass is 419 g/mol. The van der Waals surface area contributed by atoms with Crippen molar-refractivity contribution in [3.8, 4) is 5.75 Å². The van der Waals surface area contributed by atoms with Crippen molar-refractivity contribution in [3.05, 3.63) is 52.8 Å². The summed E-state index contributed by atoms with van der Waals surface area (Å²) in [7, 11) is 0. The fraction of sp³-hybridized carbons (Fsp3) is 0.381. The number of hydrogen-bond donors (Lipinski definition) is 0. The second-order valence-corrected chi connectivity index (χ2v) is 8.08. The molecule has 154 valence electrons. The van der Waals surface area contributed by atoms with E-state index in [2.05, 4.69) is 9.97 Å². The van der Waals surface area contributed by atoms with Crippen LogP contribution in [0, 0.1) is 5.95 Å². The van der Waals surface area contributed by atoms with Crippen molar-refractivity contribution in [2.24, 2.45) is 0 Å². The van der Waals surface area contributed by atoms with E-state index in [1.54, 1.807) is 29.2 Å². The van der Waals surface area contributed by atoms with Gasteiger partial charge in [0.1, 0.15) is 23.1 Å². The van der Waals surface area contributed by atoms with Gasteiger partial charge in [-0.25, -0.2) is 14.8 Å². The van der Waals surface area contributed by atoms with E-state index in [-0.39, 0.29) is 12.1 Å². The van der Waals surface area contributed by atoms with Crippen LogP contribution >= 0.6 is 11.6 Å². The van der Waals surface area contributed by atoms with Gasteiger partial charge in [-0.15, -0.1) is 0 Å². The number of likely N-dealkylation sites (tertiary alicyclic amines) is 1. The third-order valence-electron chi connectivity index (χ3n) is 4.26. The molecule has 8 heteroatoms. The third kappa shape index (κ3) is 5.90. The lowest BCUT2D eigenvalue weighted by molar-refractivity contribution is -0.0141. The maximum atomic E-state index is 13.2. The molecule has 3 rings (SSSR count). The average molecular weight is 420 g/mol. The van der Waals surface area contributed by atoms with Gasteiger partial charge >= 0.3 is 6.09 Å². The quantitative estimate of drug-likeness (QED) is 0.649. The predicted molar refractivity (Wildman–Crippen MR) is 109 cm³/mol. The number of ether oxygens (including phenoxy) is 2. The largest absolute Gasteiger partial charge is 0.490 e. The summed E-state index contributed by atoms with van der Waals surface area (Å²) in [6.45, 7) is 6.50. The molecule has 0 radical (unpaired) electrons. The van der Waals surface area contributed by atoms with E-state index in [0.717, 1.165) is 6.42 Å². The molecular weight excluding hydrogens is 397 g/mol. The van der Waals surface area contributed by atoms with Crippen LogP contribution in [-0.2, 0) is 4.74 Å². The lowest BCUT2D eigenvalue weighted by Crippen LogP contribution is -2.55. The van der Waals surface area contributed by atoms with Gasteiger partial charge in [0.15, 0.2) is 0 Å². The van der Waals surface area contributed by atoms with Crippen molar-refractivity contribution >= 4 is 29.8 Å². The van der Waals surface area contributed by atoms with E-state index in [9.17, 15) is 9.18 Å². The van der Waals surface area contributed by atoms with Gasteiger partial charge in [-0.2, -0.15) is 4.39 Å². The third-order valence-corrected chi connectivity index (χ3v) is 4.58. The molecule has 1 atom stereocenters. The molecule has 0 aromatic carbocycles. The minimum Gasteiger partial charge on any atom is -0.490 e. The molecule has 1 aliphatic rings. The molecule has 1 saturated heterocycles. The Balaban J connectivity index is 1.61. The highest BCUT2D eigenvalue weighted by Crippen LogP contribution is 2.25. The van der Waals surface area contributed by atoms with Gasteiger partial charge in [0.25, 0.3) is 0 Å². The van der Waals surface area contributed by atoms with E-state index >= 15 is 0 Å². The second-order valence-electron chi connectivity index (χ2n) is 7.72. The minimum atomic E-state index is -0.552. The van der Waals surface area contributed by atoms with Crippen molar-refractivity contribution in [2.75, 3.05) is 13.2 Å². The highest BCUT2D eigenvalue weighted by atomic mass is 35.5. The Morgan fingerprint density at radius 2 is 2.14 bits per heavy atom. The van der Waals surface area contributed by atoms with Gasteiger partial charge in [-0.3, -0.25) is 0 Å². The van der Waals surface area contributed by atoms with Gasteiger partial charge in [-0.1, -0.05) is 23.8 Å². The van der Waals surface area contributed by atoms with Crippen LogP contribution in [0.3, 0.4) is 0 Å². The standard InChI is InChI=1S/C21H23ClFN3O3/c1-21(2,3)29-20(27)26-9-7-16(26)13-28-17-11-15(19(22)25-12-17)5-4-14-6-8-24-18(23)10-14/h4-6,8,10-12,16H,7,9,13H2,1-3H3/b5-4+/t16-/m0/s1/i23+0. The molecule has 2 aromatic heterocycles. The maximum absolute atomic E-state index is 13.2. The number of amides is 1. The molecule has 0 unspecified atom stereocenters. The molecule has 1 aliphatic heterocycles. The molecule has 0 N–H and O–H groups in total. The van der Waals surface area contributed by atoms with Crippen LogP contribution in [0.15, 0.2) is 30.6 Å². The SMILES string of the molecule is CC(C)(C)OC(=O)N1CC[C@H]1COc1cnc(Cl)c(/C=C/c2ccnc([19F])c2)c1. The molecule has 3 heterocycles. The first-order valence-corrected chi connectivity index (χ1v) is 9.67. The molecular formula is C21H23ClFN3O3. The topological polar surface area (TPSA) is 64.5 Å². The van der Waals surface area contributed by atoms with Crippen LogP contribution in [0.5, 0.6) is 5.75 Å². The van der Waals surface area contributed by atoms with Crippen LogP contribution in [-0.4, -0.2) is 45.8 Å². The van der Waals surface area contributed by atoms with Crippen molar-refractivity contribution in [2.45, 2.75) is 38.8 Å². The summed E-state index contributed by atoms with van der Waals surface area (Å²) in [4.78, 5) is 21.5. The minimum absolute atomic E-state index is 0.0423. The Kier molecular flexibility index (Phi) is 6.37. The van der Waals surface area contributed by atoms with E-state index < -0.39 is 11.5 Å². The summed E-state index contributed by atoms with van der Waals surface area (Å²) in [6.07, 6.45) is 6.88. The Morgan fingerprint density at radius 1 is 1.34 bits per heavy atom. The summed E-state index contributed by atoms with van der Waals surface area (Å²) in [5.41, 5.74) is 0.762. The molecule has 1 fully saturated rings. The zero-order valence-corrected chi connectivity index (χ0v) is 17.3. The summed E-state index contributed by atoms with van der Waals surface area (Å²) in [5, 5.41) is 0.308. The van der Waals surface area contributed by atoms with E-state index in [0.29, 0.717) is 35.2 Å². The van der Waals surface area contributed by atoms with Gasteiger partial charge in [0, 0.05) is 24.4 Å². The molecule has 29 heavy (non-hydrogen) atoms. The number of rotatable bonds is 5. The number of carbonyl (C=O) groups excluding carboxylic acids is 1. The van der Waals surface area contributed by atoms with E-state index in [4.69, 9.17) is 21.1 Å². The molecule has 2 aromatic rings. The second kappa shape index (κ2) is 8.78. The summed E-state index contributed by atoms with van der Waals surface area (Å²) < 4.78 is 24.4. The van der Waals surface area contributed by atoms with Gasteiger partial charge in [0.05, 0.1) is 12.2 Å². The van der Waals surface area contributed by atoms with E-state index in [1.807, 2.05) is 20.8 Å². The first kappa shape index (κ1) is 21.0. The fourth-order valence-electron chi connectivity index (χ4n) is 2.72. The molecule has 6 nitrogen and oxygen atoms in total. The first-order valence-electron chi connectivity index (χ1n) is 9.29. The summed E-state index contributed by atoms with van der Waals surface area (Å²) in [6, 6.07) is 4.71. The normalized spacial score (nSPS) is 16.6. The number of carbonyl (C=O) groups is 1. The zero-order chi connectivity index (χ0) is 21.0. The van der Waals surface area contributed by atoms with Crippen molar-refractivity contribution in [3.63, 3.8) is 0 Å². The Hall–Kier alpha value is -2.67. The van der Waals surface area contributed by atoms with Crippen LogP contribution < -0.4 is 4.74 Å². The lowest BCUT2D eigenvalue weighted by atomic mass is 10.1. The number of halogens is 2. The smallest absolute Gasteiger partial charge is 0.410 e. The summed E-state index contributed by atoms with van der Waals surface area (Å²) >= 11 is 6.15. The fourth-order valence-corrected chi connectivity index (χ4v) is 2.88. The van der Waals surface area contributed by atoms with Crippen LogP contribution in [0.25, 0.3) is 12.2 Å². The number of nitrogens with zero attached hydrogens (tertiary/aromatic N) is 3. The van der Waals surface area contributed by atoms with Crippen molar-refractivity contribution in [1.29, 1.82) is 0 Å². The highest BCUT2D eigenvalue weighted by Gasteiger charge is 2.35. The Bertz CT molecular complexity index is 914. The Labute approximate surface area is 174 Å². The van der Waals surface area contributed by atoms with Gasteiger partial charge < -0.3 is 14.4 Å². The number of hydrogen-bond acceptors (Lipinski definition) is 5. The molecule has 0 aliphatic carbocycles. The first-order chi connectivity index (χ1) is 13.7.